The maximum Gasteiger partial charge on any atom is 0.413 e. The van der Waals surface area contributed by atoms with Gasteiger partial charge in [-0.15, -0.1) is 0 Å². The first-order valence-corrected chi connectivity index (χ1v) is 9.52. The highest BCUT2D eigenvalue weighted by atomic mass is 16.6. The van der Waals surface area contributed by atoms with Crippen LogP contribution in [-0.4, -0.2) is 35.5 Å². The van der Waals surface area contributed by atoms with Crippen molar-refractivity contribution >= 4 is 11.9 Å². The van der Waals surface area contributed by atoms with Gasteiger partial charge in [-0.3, -0.25) is 9.69 Å². The third-order valence-corrected chi connectivity index (χ3v) is 5.23. The third-order valence-electron chi connectivity index (χ3n) is 5.23. The van der Waals surface area contributed by atoms with E-state index in [0.29, 0.717) is 22.4 Å². The fourth-order valence-electron chi connectivity index (χ4n) is 3.64. The van der Waals surface area contributed by atoms with Crippen LogP contribution >= 0.6 is 0 Å². The number of ether oxygens (including phenoxy) is 2. The number of cyclic esters (lactones) is 1. The number of carbonyl (C=O) groups excluding carboxylic acids is 2. The average Bonchev–Trinajstić information content (AvgIpc) is 3.06. The third kappa shape index (κ3) is 3.42. The predicted octanol–water partition coefficient (Wildman–Crippen LogP) is 3.92. The van der Waals surface area contributed by atoms with Gasteiger partial charge in [0.1, 0.15) is 5.75 Å². The van der Waals surface area contributed by atoms with Crippen LogP contribution in [0.15, 0.2) is 84.9 Å². The van der Waals surface area contributed by atoms with E-state index in [1.807, 2.05) is 12.1 Å². The Morgan fingerprint density at radius 2 is 1.60 bits per heavy atom. The molecule has 0 saturated carbocycles. The first-order valence-electron chi connectivity index (χ1n) is 9.52. The van der Waals surface area contributed by atoms with Gasteiger partial charge in [0.25, 0.3) is 0 Å². The van der Waals surface area contributed by atoms with E-state index in [9.17, 15) is 14.7 Å². The standard InChI is InChI=1S/C24H21NO5/c1-29-20-14-12-17(13-15-20)21(26)16-25-23(27)30-22(18-8-4-2-5-9-18)24(25,28)19-10-6-3-7-11-19/h2-15,22,28H,16H2,1H3/t22-,24+/m0/s1. The Labute approximate surface area is 174 Å². The second-order valence-corrected chi connectivity index (χ2v) is 7.00. The van der Waals surface area contributed by atoms with Crippen LogP contribution in [0.3, 0.4) is 0 Å². The lowest BCUT2D eigenvalue weighted by Gasteiger charge is -2.34. The molecule has 1 aliphatic heterocycles. The van der Waals surface area contributed by atoms with E-state index in [1.54, 1.807) is 79.9 Å². The van der Waals surface area contributed by atoms with Gasteiger partial charge in [-0.25, -0.2) is 4.79 Å². The van der Waals surface area contributed by atoms with Crippen LogP contribution in [0.4, 0.5) is 4.79 Å². The molecule has 1 heterocycles. The van der Waals surface area contributed by atoms with Gasteiger partial charge in [-0.05, 0) is 29.8 Å². The molecule has 4 rings (SSSR count). The molecule has 0 aliphatic carbocycles. The SMILES string of the molecule is COc1ccc(C(=O)CN2C(=O)O[C@@H](c3ccccc3)[C@]2(O)c2ccccc2)cc1. The minimum Gasteiger partial charge on any atom is -0.497 e. The highest BCUT2D eigenvalue weighted by molar-refractivity contribution is 5.99. The van der Waals surface area contributed by atoms with Gasteiger partial charge in [0, 0.05) is 11.1 Å². The number of amides is 1. The van der Waals surface area contributed by atoms with Crippen LogP contribution in [0.25, 0.3) is 0 Å². The number of benzene rings is 3. The van der Waals surface area contributed by atoms with Gasteiger partial charge in [-0.1, -0.05) is 60.7 Å². The molecule has 6 nitrogen and oxygen atoms in total. The van der Waals surface area contributed by atoms with Crippen molar-refractivity contribution in [2.75, 3.05) is 13.7 Å². The number of Topliss-reactive ketones (excluding diaryl/α,β-unsaturated/α-hetero) is 1. The van der Waals surface area contributed by atoms with Crippen molar-refractivity contribution < 1.29 is 24.2 Å². The number of aliphatic hydroxyl groups is 1. The number of carbonyl (C=O) groups is 2. The van der Waals surface area contributed by atoms with Crippen LogP contribution in [0.2, 0.25) is 0 Å². The van der Waals surface area contributed by atoms with Gasteiger partial charge in [0.05, 0.1) is 13.7 Å². The molecule has 1 aliphatic rings. The molecule has 1 N–H and O–H groups in total. The maximum atomic E-state index is 12.9. The lowest BCUT2D eigenvalue weighted by Crippen LogP contribution is -2.48. The second kappa shape index (κ2) is 8.00. The topological polar surface area (TPSA) is 76.1 Å². The van der Waals surface area contributed by atoms with E-state index >= 15 is 0 Å². The quantitative estimate of drug-likeness (QED) is 0.632. The minimum absolute atomic E-state index is 0.322. The van der Waals surface area contributed by atoms with Crippen molar-refractivity contribution in [1.29, 1.82) is 0 Å². The molecule has 0 bridgehead atoms. The monoisotopic (exact) mass is 403 g/mol. The summed E-state index contributed by atoms with van der Waals surface area (Å²) in [5, 5.41) is 11.8. The van der Waals surface area contributed by atoms with Gasteiger partial charge < -0.3 is 14.6 Å². The second-order valence-electron chi connectivity index (χ2n) is 7.00. The molecule has 0 aromatic heterocycles. The summed E-state index contributed by atoms with van der Waals surface area (Å²) in [6, 6.07) is 24.4. The van der Waals surface area contributed by atoms with E-state index in [4.69, 9.17) is 9.47 Å². The lowest BCUT2D eigenvalue weighted by molar-refractivity contribution is -0.106. The number of methoxy groups -OCH3 is 1. The van der Waals surface area contributed by atoms with Crippen LogP contribution in [0.1, 0.15) is 27.6 Å². The molecule has 1 amide bonds. The predicted molar refractivity (Wildman–Crippen MR) is 110 cm³/mol. The maximum absolute atomic E-state index is 12.9. The fourth-order valence-corrected chi connectivity index (χ4v) is 3.64. The fraction of sp³-hybridized carbons (Fsp3) is 0.167. The van der Waals surface area contributed by atoms with Crippen molar-refractivity contribution in [2.45, 2.75) is 11.8 Å². The molecule has 1 saturated heterocycles. The Morgan fingerprint density at radius 1 is 1.00 bits per heavy atom. The van der Waals surface area contributed by atoms with E-state index in [1.165, 1.54) is 0 Å². The van der Waals surface area contributed by atoms with Gasteiger partial charge in [-0.2, -0.15) is 0 Å². The summed E-state index contributed by atoms with van der Waals surface area (Å²) >= 11 is 0. The Bertz CT molecular complexity index is 1040. The van der Waals surface area contributed by atoms with Gasteiger partial charge >= 0.3 is 6.09 Å². The van der Waals surface area contributed by atoms with E-state index < -0.39 is 17.9 Å². The largest absolute Gasteiger partial charge is 0.497 e. The summed E-state index contributed by atoms with van der Waals surface area (Å²) in [5.41, 5.74) is -0.326. The molecule has 0 radical (unpaired) electrons. The Hall–Kier alpha value is -3.64. The summed E-state index contributed by atoms with van der Waals surface area (Å²) in [7, 11) is 1.54. The van der Waals surface area contributed by atoms with Crippen molar-refractivity contribution in [3.63, 3.8) is 0 Å². The number of hydrogen-bond donors (Lipinski definition) is 1. The first kappa shape index (κ1) is 19.7. The molecule has 1 fully saturated rings. The normalized spacial score (nSPS) is 20.7. The van der Waals surface area contributed by atoms with Crippen LogP contribution in [0, 0.1) is 0 Å². The van der Waals surface area contributed by atoms with E-state index in [-0.39, 0.29) is 12.3 Å². The number of hydrogen-bond acceptors (Lipinski definition) is 5. The molecule has 0 unspecified atom stereocenters. The molecule has 2 atom stereocenters. The van der Waals surface area contributed by atoms with Crippen LogP contribution in [0.5, 0.6) is 5.75 Å². The Kier molecular flexibility index (Phi) is 5.25. The average molecular weight is 403 g/mol. The number of ketones is 1. The summed E-state index contributed by atoms with van der Waals surface area (Å²) in [6.45, 7) is -0.333. The van der Waals surface area contributed by atoms with Crippen LogP contribution in [-0.2, 0) is 10.5 Å². The highest BCUT2D eigenvalue weighted by Crippen LogP contribution is 2.46. The summed E-state index contributed by atoms with van der Waals surface area (Å²) < 4.78 is 10.7. The Morgan fingerprint density at radius 3 is 2.20 bits per heavy atom. The summed E-state index contributed by atoms with van der Waals surface area (Å²) in [4.78, 5) is 26.8. The number of rotatable bonds is 6. The highest BCUT2D eigenvalue weighted by Gasteiger charge is 2.56. The zero-order valence-electron chi connectivity index (χ0n) is 16.4. The minimum atomic E-state index is -1.83. The molecule has 152 valence electrons. The van der Waals surface area contributed by atoms with Crippen molar-refractivity contribution in [1.82, 2.24) is 4.90 Å². The molecule has 3 aromatic carbocycles. The lowest BCUT2D eigenvalue weighted by atomic mass is 9.91. The zero-order chi connectivity index (χ0) is 21.1. The van der Waals surface area contributed by atoms with Gasteiger partial charge in [0.2, 0.25) is 5.72 Å². The molecular weight excluding hydrogens is 382 g/mol. The molecule has 30 heavy (non-hydrogen) atoms. The van der Waals surface area contributed by atoms with Gasteiger partial charge in [0.15, 0.2) is 11.9 Å². The first-order chi connectivity index (χ1) is 14.5. The van der Waals surface area contributed by atoms with Crippen molar-refractivity contribution in [3.8, 4) is 5.75 Å². The van der Waals surface area contributed by atoms with Crippen molar-refractivity contribution in [3.05, 3.63) is 102 Å². The molecule has 3 aromatic rings. The Balaban J connectivity index is 1.71. The molecule has 6 heteroatoms. The molecular formula is C24H21NO5. The zero-order valence-corrected chi connectivity index (χ0v) is 16.4. The smallest absolute Gasteiger partial charge is 0.413 e. The summed E-state index contributed by atoms with van der Waals surface area (Å²) in [5.74, 6) is 0.301. The van der Waals surface area contributed by atoms with E-state index in [2.05, 4.69) is 0 Å². The van der Waals surface area contributed by atoms with Crippen molar-refractivity contribution in [2.24, 2.45) is 0 Å². The van der Waals surface area contributed by atoms with Crippen LogP contribution < -0.4 is 4.74 Å². The molecule has 0 spiro atoms. The number of nitrogens with zero attached hydrogens (tertiary/aromatic N) is 1. The summed E-state index contributed by atoms with van der Waals surface area (Å²) in [6.07, 6.45) is -1.73. The van der Waals surface area contributed by atoms with E-state index in [0.717, 1.165) is 4.90 Å².